The third-order valence-electron chi connectivity index (χ3n) is 11.5. The second kappa shape index (κ2) is 23.3. The van der Waals surface area contributed by atoms with E-state index in [4.69, 9.17) is 28.9 Å². The van der Waals surface area contributed by atoms with Crippen LogP contribution in [-0.2, 0) is 0 Å². The van der Waals surface area contributed by atoms with Crippen molar-refractivity contribution < 1.29 is 18.9 Å². The average Bonchev–Trinajstić information content (AvgIpc) is 4.23. The topological polar surface area (TPSA) is 94.3 Å². The quantitative estimate of drug-likeness (QED) is 0.0583. The van der Waals surface area contributed by atoms with Gasteiger partial charge in [-0.2, -0.15) is 0 Å². The Morgan fingerprint density at radius 2 is 0.529 bits per heavy atom. The third kappa shape index (κ3) is 11.2. The van der Waals surface area contributed by atoms with E-state index >= 15 is 0 Å². The van der Waals surface area contributed by atoms with Gasteiger partial charge in [-0.3, -0.25) is 0 Å². The van der Waals surface area contributed by atoms with Gasteiger partial charge in [0.2, 0.25) is 0 Å². The molecule has 5 heterocycles. The van der Waals surface area contributed by atoms with Crippen LogP contribution < -0.4 is 18.9 Å². The van der Waals surface area contributed by atoms with Crippen LogP contribution in [0.25, 0.3) is 90.9 Å². The molecule has 3 aromatic heterocycles. The minimum atomic E-state index is 0.635. The molecule has 68 heavy (non-hydrogen) atoms. The lowest BCUT2D eigenvalue weighted by Crippen LogP contribution is -1.97. The van der Waals surface area contributed by atoms with E-state index < -0.39 is 0 Å². The van der Waals surface area contributed by atoms with Crippen molar-refractivity contribution >= 4 is 110 Å². The number of halogens is 4. The number of hydrogen-bond acceptors (Lipinski definition) is 6. The molecule has 0 fully saturated rings. The summed E-state index contributed by atoms with van der Waals surface area (Å²) in [5, 5.41) is 3.55. The van der Waals surface area contributed by atoms with Crippen LogP contribution in [0.5, 0.6) is 23.0 Å². The van der Waals surface area contributed by atoms with E-state index in [-0.39, 0.29) is 0 Å². The Bertz CT molecular complexity index is 2650. The van der Waals surface area contributed by atoms with Crippen LogP contribution in [-0.4, -0.2) is 67.7 Å². The van der Waals surface area contributed by atoms with Crippen molar-refractivity contribution in [2.75, 3.05) is 47.7 Å². The fourth-order valence-electron chi connectivity index (χ4n) is 8.27. The van der Waals surface area contributed by atoms with Crippen LogP contribution in [0.3, 0.4) is 0 Å². The van der Waals surface area contributed by atoms with E-state index in [1.54, 1.807) is 0 Å². The maximum Gasteiger partial charge on any atom is 0.119 e. The van der Waals surface area contributed by atoms with Gasteiger partial charge in [-0.05, 0) is 145 Å². The van der Waals surface area contributed by atoms with Crippen molar-refractivity contribution in [3.05, 3.63) is 144 Å². The number of benzene rings is 4. The lowest BCUT2D eigenvalue weighted by atomic mass is 10.0. The number of nitrogens with one attached hydrogen (secondary N) is 2. The fraction of sp³-hybridized carbons (Fsp3) is 0.214. The van der Waals surface area contributed by atoms with Gasteiger partial charge in [-0.15, -0.1) is 0 Å². The molecule has 0 atom stereocenters. The third-order valence-corrected chi connectivity index (χ3v) is 13.8. The SMILES string of the molecule is BrCCCOc1ccc(-c2c3nc(c(-c4ccc(OCCCBr)cc4)c4ccc([nH]4)c(-c4ccc(OCCCBr)cc4)c4nc(c(-c5ccc(OCCCBr)cc5)c5ccc2[nH]5)C=C4)C=C3)cc1. The average molecular weight is 1160 g/mol. The molecule has 0 saturated heterocycles. The molecule has 8 nitrogen and oxygen atoms in total. The molecule has 2 N–H and O–H groups in total. The summed E-state index contributed by atoms with van der Waals surface area (Å²) in [5.74, 6) is 3.29. The van der Waals surface area contributed by atoms with E-state index in [9.17, 15) is 0 Å². The number of ether oxygens (including phenoxy) is 4. The van der Waals surface area contributed by atoms with Crippen LogP contribution in [0.4, 0.5) is 0 Å². The minimum absolute atomic E-state index is 0.635. The van der Waals surface area contributed by atoms with Crippen molar-refractivity contribution in [1.82, 2.24) is 19.9 Å². The molecule has 0 spiro atoms. The number of alkyl halides is 4. The first kappa shape index (κ1) is 47.7. The second-order valence-corrected chi connectivity index (χ2v) is 19.3. The van der Waals surface area contributed by atoms with E-state index in [1.807, 2.05) is 48.5 Å². The van der Waals surface area contributed by atoms with E-state index in [2.05, 4.69) is 171 Å². The van der Waals surface area contributed by atoms with Crippen LogP contribution in [0.15, 0.2) is 121 Å². The molecule has 0 saturated carbocycles. The Balaban J connectivity index is 1.31. The molecule has 12 heteroatoms. The van der Waals surface area contributed by atoms with Crippen molar-refractivity contribution in [3.8, 4) is 67.5 Å². The zero-order chi connectivity index (χ0) is 46.7. The summed E-state index contributed by atoms with van der Waals surface area (Å²) in [6, 6.07) is 41.8. The van der Waals surface area contributed by atoms with Crippen molar-refractivity contribution in [3.63, 3.8) is 0 Å². The van der Waals surface area contributed by atoms with Crippen LogP contribution in [0.1, 0.15) is 48.5 Å². The van der Waals surface area contributed by atoms with Gasteiger partial charge in [-0.1, -0.05) is 112 Å². The standard InChI is InChI=1S/C56H50Br4N4O4/c57-29-1-33-65-41-13-5-37(6-14-41)53-45-21-23-47(61-45)54(38-7-15-42(16-8-38)66-34-2-30-58)49-25-27-51(63-49)56(40-11-19-44(20-12-40)68-36-4-32-60)52-28-26-50(64-52)55(48-24-22-46(53)62-48)39-9-17-43(18-10-39)67-35-3-31-59/h5-28,61,64H,1-4,29-36H2. The smallest absolute Gasteiger partial charge is 0.119 e. The molecule has 0 radical (unpaired) electrons. The van der Waals surface area contributed by atoms with Gasteiger partial charge in [0.05, 0.1) is 49.2 Å². The van der Waals surface area contributed by atoms with E-state index in [0.717, 1.165) is 159 Å². The number of aromatic nitrogens is 4. The lowest BCUT2D eigenvalue weighted by Gasteiger charge is -2.10. The Kier molecular flexibility index (Phi) is 16.3. The summed E-state index contributed by atoms with van der Waals surface area (Å²) >= 11 is 14.1. The van der Waals surface area contributed by atoms with Gasteiger partial charge >= 0.3 is 0 Å². The molecular weight excluding hydrogens is 1110 g/mol. The summed E-state index contributed by atoms with van der Waals surface area (Å²) in [6.07, 6.45) is 12.2. The molecule has 8 bridgehead atoms. The molecule has 0 aliphatic carbocycles. The number of rotatable bonds is 20. The Hall–Kier alpha value is -5.40. The molecular formula is C56H50Br4N4O4. The number of aromatic amines is 2. The maximum absolute atomic E-state index is 6.08. The number of H-pyrrole nitrogens is 2. The fourth-order valence-corrected chi connectivity index (χ4v) is 9.19. The second-order valence-electron chi connectivity index (χ2n) is 16.2. The van der Waals surface area contributed by atoms with Crippen molar-refractivity contribution in [1.29, 1.82) is 0 Å². The molecule has 7 aromatic rings. The van der Waals surface area contributed by atoms with Crippen molar-refractivity contribution in [2.45, 2.75) is 25.7 Å². The van der Waals surface area contributed by atoms with Gasteiger partial charge in [0.1, 0.15) is 23.0 Å². The molecule has 346 valence electrons. The van der Waals surface area contributed by atoms with Gasteiger partial charge in [0, 0.05) is 65.6 Å². The normalized spacial score (nSPS) is 11.8. The van der Waals surface area contributed by atoms with Crippen LogP contribution in [0.2, 0.25) is 0 Å². The first-order valence-electron chi connectivity index (χ1n) is 22.9. The molecule has 9 rings (SSSR count). The number of nitrogens with zero attached hydrogens (tertiary/aromatic N) is 2. The number of fused-ring (bicyclic) bond motifs is 8. The predicted molar refractivity (Wildman–Crippen MR) is 296 cm³/mol. The van der Waals surface area contributed by atoms with Gasteiger partial charge in [0.25, 0.3) is 0 Å². The Morgan fingerprint density at radius 3 is 0.735 bits per heavy atom. The Morgan fingerprint density at radius 1 is 0.309 bits per heavy atom. The molecule has 0 amide bonds. The zero-order valence-corrected chi connectivity index (χ0v) is 43.7. The highest BCUT2D eigenvalue weighted by atomic mass is 79.9. The minimum Gasteiger partial charge on any atom is -0.494 e. The molecule has 2 aliphatic heterocycles. The molecule has 4 aromatic carbocycles. The summed E-state index contributed by atoms with van der Waals surface area (Å²) in [5.41, 5.74) is 14.9. The highest BCUT2D eigenvalue weighted by Gasteiger charge is 2.20. The summed E-state index contributed by atoms with van der Waals surface area (Å²) in [6.45, 7) is 2.54. The van der Waals surface area contributed by atoms with Gasteiger partial charge in [-0.25, -0.2) is 9.97 Å². The largest absolute Gasteiger partial charge is 0.494 e. The van der Waals surface area contributed by atoms with E-state index in [0.29, 0.717) is 26.4 Å². The predicted octanol–water partition coefficient (Wildman–Crippen LogP) is 16.0. The van der Waals surface area contributed by atoms with Crippen molar-refractivity contribution in [2.24, 2.45) is 0 Å². The Labute approximate surface area is 430 Å². The van der Waals surface area contributed by atoms with Crippen LogP contribution >= 0.6 is 63.7 Å². The summed E-state index contributed by atoms with van der Waals surface area (Å²) in [7, 11) is 0. The lowest BCUT2D eigenvalue weighted by molar-refractivity contribution is 0.319. The first-order valence-corrected chi connectivity index (χ1v) is 27.3. The van der Waals surface area contributed by atoms with Gasteiger partial charge in [0.15, 0.2) is 0 Å². The first-order chi connectivity index (χ1) is 33.5. The van der Waals surface area contributed by atoms with Gasteiger partial charge < -0.3 is 28.9 Å². The molecule has 2 aliphatic rings. The highest BCUT2D eigenvalue weighted by Crippen LogP contribution is 2.39. The monoisotopic (exact) mass is 1160 g/mol. The maximum atomic E-state index is 6.08. The number of hydrogen-bond donors (Lipinski definition) is 2. The van der Waals surface area contributed by atoms with E-state index in [1.165, 1.54) is 0 Å². The zero-order valence-electron chi connectivity index (χ0n) is 37.4. The highest BCUT2D eigenvalue weighted by molar-refractivity contribution is 9.09. The molecule has 0 unspecified atom stereocenters. The summed E-state index contributed by atoms with van der Waals surface area (Å²) in [4.78, 5) is 18.7. The summed E-state index contributed by atoms with van der Waals surface area (Å²) < 4.78 is 24.3. The van der Waals surface area contributed by atoms with Crippen LogP contribution in [0, 0.1) is 0 Å².